The van der Waals surface area contributed by atoms with E-state index < -0.39 is 0 Å². The molecule has 0 aliphatic carbocycles. The van der Waals surface area contributed by atoms with Crippen LogP contribution in [0.2, 0.25) is 0 Å². The smallest absolute Gasteiger partial charge is 0.187 e. The molecule has 0 fully saturated rings. The summed E-state index contributed by atoms with van der Waals surface area (Å²) in [5.74, 6) is 0.181. The van der Waals surface area contributed by atoms with Crippen molar-refractivity contribution in [1.82, 2.24) is 9.38 Å². The van der Waals surface area contributed by atoms with E-state index in [1.165, 1.54) is 30.3 Å². The molecule has 128 valence electrons. The molecule has 6 nitrogen and oxygen atoms in total. The van der Waals surface area contributed by atoms with Gasteiger partial charge in [-0.25, -0.2) is 9.37 Å². The lowest BCUT2D eigenvalue weighted by Crippen LogP contribution is -1.83. The van der Waals surface area contributed by atoms with Crippen LogP contribution in [0.1, 0.15) is 0 Å². The van der Waals surface area contributed by atoms with Crippen molar-refractivity contribution < 1.29 is 14.6 Å². The monoisotopic (exact) mass is 348 g/mol. The van der Waals surface area contributed by atoms with Crippen molar-refractivity contribution in [2.45, 2.75) is 0 Å². The van der Waals surface area contributed by atoms with Crippen molar-refractivity contribution in [3.8, 4) is 22.8 Å². The zero-order valence-electron chi connectivity index (χ0n) is 13.4. The first-order valence-corrected chi connectivity index (χ1v) is 7.78. The van der Waals surface area contributed by atoms with Gasteiger partial charge in [-0.1, -0.05) is 0 Å². The maximum absolute atomic E-state index is 13.2. The fourth-order valence-electron chi connectivity index (χ4n) is 2.56. The molecule has 4 rings (SSSR count). The number of azo groups is 1. The molecule has 2 heterocycles. The third-order valence-corrected chi connectivity index (χ3v) is 3.83. The lowest BCUT2D eigenvalue weighted by atomic mass is 10.1. The number of phenols is 1. The molecule has 0 aliphatic rings. The van der Waals surface area contributed by atoms with Crippen LogP contribution in [-0.2, 0) is 0 Å². The van der Waals surface area contributed by atoms with Crippen LogP contribution in [0.4, 0.5) is 15.9 Å². The summed E-state index contributed by atoms with van der Waals surface area (Å²) >= 11 is 0. The van der Waals surface area contributed by atoms with Gasteiger partial charge in [0.25, 0.3) is 0 Å². The van der Waals surface area contributed by atoms with Crippen LogP contribution in [0.5, 0.6) is 11.5 Å². The summed E-state index contributed by atoms with van der Waals surface area (Å²) in [4.78, 5) is 4.44. The molecule has 0 atom stereocenters. The number of benzene rings is 2. The van der Waals surface area contributed by atoms with Crippen LogP contribution in [0.15, 0.2) is 77.1 Å². The van der Waals surface area contributed by atoms with Crippen molar-refractivity contribution in [1.29, 1.82) is 0 Å². The number of pyridine rings is 1. The third kappa shape index (κ3) is 2.86. The minimum absolute atomic E-state index is 0.00180. The number of aromatic hydroxyl groups is 2. The van der Waals surface area contributed by atoms with Crippen molar-refractivity contribution in [2.75, 3.05) is 0 Å². The van der Waals surface area contributed by atoms with E-state index in [1.807, 2.05) is 0 Å². The fraction of sp³-hybridized carbons (Fsp3) is 0. The Morgan fingerprint density at radius 3 is 2.35 bits per heavy atom. The van der Waals surface area contributed by atoms with Crippen molar-refractivity contribution >= 4 is 17.2 Å². The molecule has 0 aliphatic heterocycles. The fourth-order valence-corrected chi connectivity index (χ4v) is 2.56. The van der Waals surface area contributed by atoms with E-state index >= 15 is 0 Å². The first-order chi connectivity index (χ1) is 12.6. The van der Waals surface area contributed by atoms with Crippen molar-refractivity contribution in [3.63, 3.8) is 0 Å². The molecule has 4 aromatic rings. The number of rotatable bonds is 3. The van der Waals surface area contributed by atoms with E-state index in [9.17, 15) is 14.6 Å². The number of fused-ring (bicyclic) bond motifs is 1. The molecule has 2 aromatic heterocycles. The molecular weight excluding hydrogens is 335 g/mol. The van der Waals surface area contributed by atoms with Gasteiger partial charge in [0.15, 0.2) is 17.2 Å². The molecule has 0 unspecified atom stereocenters. The summed E-state index contributed by atoms with van der Waals surface area (Å²) in [5, 5.41) is 27.9. The molecule has 0 radical (unpaired) electrons. The summed E-state index contributed by atoms with van der Waals surface area (Å²) in [6.07, 6.45) is 1.71. The van der Waals surface area contributed by atoms with E-state index in [0.717, 1.165) is 0 Å². The predicted octanol–water partition coefficient (Wildman–Crippen LogP) is 4.97. The van der Waals surface area contributed by atoms with Gasteiger partial charge in [-0.2, -0.15) is 0 Å². The Kier molecular flexibility index (Phi) is 3.81. The van der Waals surface area contributed by atoms with Gasteiger partial charge in [-0.3, -0.25) is 4.40 Å². The van der Waals surface area contributed by atoms with Crippen LogP contribution in [0, 0.1) is 5.82 Å². The predicted molar refractivity (Wildman–Crippen MR) is 94.5 cm³/mol. The summed E-state index contributed by atoms with van der Waals surface area (Å²) < 4.78 is 14.9. The van der Waals surface area contributed by atoms with E-state index in [2.05, 4.69) is 15.2 Å². The second-order valence-corrected chi connectivity index (χ2v) is 5.59. The van der Waals surface area contributed by atoms with Gasteiger partial charge in [0.2, 0.25) is 0 Å². The summed E-state index contributed by atoms with van der Waals surface area (Å²) in [5.41, 5.74) is 1.98. The van der Waals surface area contributed by atoms with E-state index in [0.29, 0.717) is 28.4 Å². The topological polar surface area (TPSA) is 82.5 Å². The normalized spacial score (nSPS) is 11.4. The largest absolute Gasteiger partial charge is 0.508 e. The standard InChI is InChI=1S/C19H13FN4O2/c20-13-5-3-12(4-6-13)17-19(23-22-14-7-9-15(25)10-8-14)24-11-1-2-16(26)18(24)21-17/h1-11,25-26H. The number of imidazole rings is 1. The van der Waals surface area contributed by atoms with E-state index in [4.69, 9.17) is 0 Å². The highest BCUT2D eigenvalue weighted by atomic mass is 19.1. The highest BCUT2D eigenvalue weighted by Crippen LogP contribution is 2.34. The third-order valence-electron chi connectivity index (χ3n) is 3.83. The minimum atomic E-state index is -0.354. The number of hydrogen-bond donors (Lipinski definition) is 2. The Balaban J connectivity index is 1.88. The van der Waals surface area contributed by atoms with Crippen LogP contribution < -0.4 is 0 Å². The number of halogens is 1. The number of aromatic nitrogens is 2. The van der Waals surface area contributed by atoms with Gasteiger partial charge in [0, 0.05) is 11.8 Å². The molecule has 0 saturated carbocycles. The summed E-state index contributed by atoms with van der Waals surface area (Å²) in [6.45, 7) is 0. The number of phenolic OH excluding ortho intramolecular Hbond substituents is 1. The molecule has 7 heteroatoms. The number of nitrogens with zero attached hydrogens (tertiary/aromatic N) is 4. The molecule has 2 N–H and O–H groups in total. The maximum Gasteiger partial charge on any atom is 0.187 e. The van der Waals surface area contributed by atoms with Crippen molar-refractivity contribution in [2.24, 2.45) is 10.2 Å². The average Bonchev–Trinajstić information content (AvgIpc) is 3.02. The lowest BCUT2D eigenvalue weighted by molar-refractivity contribution is 0.475. The van der Waals surface area contributed by atoms with Gasteiger partial charge in [0.05, 0.1) is 5.69 Å². The van der Waals surface area contributed by atoms with Gasteiger partial charge in [0.1, 0.15) is 17.3 Å². The van der Waals surface area contributed by atoms with Gasteiger partial charge < -0.3 is 10.2 Å². The number of hydrogen-bond acceptors (Lipinski definition) is 5. The quantitative estimate of drug-likeness (QED) is 0.513. The summed E-state index contributed by atoms with van der Waals surface area (Å²) in [6, 6.07) is 15.3. The molecular formula is C19H13FN4O2. The van der Waals surface area contributed by atoms with Gasteiger partial charge >= 0.3 is 0 Å². The minimum Gasteiger partial charge on any atom is -0.508 e. The average molecular weight is 348 g/mol. The first-order valence-electron chi connectivity index (χ1n) is 7.78. The van der Waals surface area contributed by atoms with Crippen LogP contribution >= 0.6 is 0 Å². The molecule has 26 heavy (non-hydrogen) atoms. The Bertz CT molecular complexity index is 1100. The second-order valence-electron chi connectivity index (χ2n) is 5.59. The van der Waals surface area contributed by atoms with E-state index in [-0.39, 0.29) is 17.3 Å². The lowest BCUT2D eigenvalue weighted by Gasteiger charge is -2.00. The van der Waals surface area contributed by atoms with Crippen LogP contribution in [0.25, 0.3) is 16.9 Å². The Morgan fingerprint density at radius 1 is 0.885 bits per heavy atom. The maximum atomic E-state index is 13.2. The Hall–Kier alpha value is -3.74. The zero-order valence-corrected chi connectivity index (χ0v) is 13.4. The van der Waals surface area contributed by atoms with Crippen molar-refractivity contribution in [3.05, 3.63) is 72.7 Å². The molecule has 0 bridgehead atoms. The summed E-state index contributed by atoms with van der Waals surface area (Å²) in [7, 11) is 0. The molecule has 0 amide bonds. The SMILES string of the molecule is Oc1ccc(N=Nc2c(-c3ccc(F)cc3)nc3c(O)cccn23)cc1. The van der Waals surface area contributed by atoms with Gasteiger partial charge in [-0.05, 0) is 60.7 Å². The van der Waals surface area contributed by atoms with Crippen LogP contribution in [-0.4, -0.2) is 19.6 Å². The molecule has 2 aromatic carbocycles. The Morgan fingerprint density at radius 2 is 1.62 bits per heavy atom. The Labute approximate surface area is 147 Å². The zero-order chi connectivity index (χ0) is 18.1. The van der Waals surface area contributed by atoms with Crippen LogP contribution in [0.3, 0.4) is 0 Å². The highest BCUT2D eigenvalue weighted by Gasteiger charge is 2.16. The van der Waals surface area contributed by atoms with Gasteiger partial charge in [-0.15, -0.1) is 10.2 Å². The second kappa shape index (κ2) is 6.29. The van der Waals surface area contributed by atoms with E-state index in [1.54, 1.807) is 40.9 Å². The first kappa shape index (κ1) is 15.8. The molecule has 0 saturated heterocycles. The molecule has 0 spiro atoms. The highest BCUT2D eigenvalue weighted by molar-refractivity contribution is 5.76.